The van der Waals surface area contributed by atoms with Gasteiger partial charge < -0.3 is 33.7 Å². The number of ether oxygens (including phenoxy) is 6. The minimum absolute atomic E-state index is 0.0656. The first kappa shape index (κ1) is 41.1. The highest BCUT2D eigenvalue weighted by atomic mass is 32.2. The van der Waals surface area contributed by atoms with Crippen molar-refractivity contribution in [2.75, 3.05) is 6.61 Å². The van der Waals surface area contributed by atoms with Crippen molar-refractivity contribution in [3.8, 4) is 0 Å². The van der Waals surface area contributed by atoms with Gasteiger partial charge in [-0.05, 0) is 70.7 Å². The van der Waals surface area contributed by atoms with Gasteiger partial charge in [0.2, 0.25) is 15.9 Å². The van der Waals surface area contributed by atoms with Gasteiger partial charge in [0, 0.05) is 27.7 Å². The van der Waals surface area contributed by atoms with Gasteiger partial charge in [-0.1, -0.05) is 6.07 Å². The Kier molecular flexibility index (Phi) is 13.9. The smallest absolute Gasteiger partial charge is 0.325 e. The van der Waals surface area contributed by atoms with E-state index in [0.717, 1.165) is 38.8 Å². The van der Waals surface area contributed by atoms with Gasteiger partial charge >= 0.3 is 29.8 Å². The zero-order valence-electron chi connectivity index (χ0n) is 29.6. The van der Waals surface area contributed by atoms with Gasteiger partial charge in [-0.15, -0.1) is 0 Å². The molecule has 0 spiro atoms. The predicted octanol–water partition coefficient (Wildman–Crippen LogP) is 1.50. The maximum absolute atomic E-state index is 13.7. The lowest BCUT2D eigenvalue weighted by Gasteiger charge is -2.44. The number of aryl methyl sites for hydroxylation is 2. The van der Waals surface area contributed by atoms with E-state index in [2.05, 4.69) is 10.0 Å². The second-order valence-electron chi connectivity index (χ2n) is 12.7. The molecule has 17 heteroatoms. The summed E-state index contributed by atoms with van der Waals surface area (Å²) < 4.78 is 62.2. The lowest BCUT2D eigenvalue weighted by Crippen LogP contribution is -2.66. The van der Waals surface area contributed by atoms with Crippen LogP contribution in [0.4, 0.5) is 0 Å². The Morgan fingerprint density at radius 3 is 1.84 bits per heavy atom. The second-order valence-corrected chi connectivity index (χ2v) is 14.3. The third-order valence-corrected chi connectivity index (χ3v) is 8.99. The van der Waals surface area contributed by atoms with Gasteiger partial charge in [-0.3, -0.25) is 28.8 Å². The number of carbonyl (C=O) groups is 6. The average molecular weight is 715 g/mol. The van der Waals surface area contributed by atoms with E-state index in [1.54, 1.807) is 47.6 Å². The van der Waals surface area contributed by atoms with Crippen molar-refractivity contribution in [3.63, 3.8) is 0 Å². The highest BCUT2D eigenvalue weighted by molar-refractivity contribution is 7.89. The van der Waals surface area contributed by atoms with Crippen LogP contribution in [0, 0.1) is 27.7 Å². The Labute approximate surface area is 285 Å². The van der Waals surface area contributed by atoms with Gasteiger partial charge in [0.05, 0.1) is 11.3 Å². The Morgan fingerprint density at radius 1 is 0.796 bits per heavy atom. The van der Waals surface area contributed by atoms with Gasteiger partial charge in [0.15, 0.2) is 24.5 Å². The first-order valence-corrected chi connectivity index (χ1v) is 16.8. The molecule has 1 aliphatic heterocycles. The fourth-order valence-corrected chi connectivity index (χ4v) is 6.92. The van der Waals surface area contributed by atoms with E-state index in [4.69, 9.17) is 28.4 Å². The van der Waals surface area contributed by atoms with Crippen LogP contribution in [-0.2, 0) is 67.2 Å². The number of amides is 1. The van der Waals surface area contributed by atoms with Crippen LogP contribution in [0.2, 0.25) is 0 Å². The Balaban J connectivity index is 2.54. The van der Waals surface area contributed by atoms with Crippen molar-refractivity contribution in [3.05, 3.63) is 28.3 Å². The van der Waals surface area contributed by atoms with Crippen molar-refractivity contribution in [1.29, 1.82) is 0 Å². The van der Waals surface area contributed by atoms with E-state index in [9.17, 15) is 37.2 Å². The van der Waals surface area contributed by atoms with Crippen LogP contribution in [0.5, 0.6) is 0 Å². The number of carbonyl (C=O) groups excluding carboxylic acids is 6. The van der Waals surface area contributed by atoms with Gasteiger partial charge in [-0.25, -0.2) is 8.42 Å². The number of sulfonamides is 1. The molecule has 0 saturated carbocycles. The average Bonchev–Trinajstić information content (AvgIpc) is 2.91. The molecule has 0 bridgehead atoms. The minimum atomic E-state index is -4.42. The molecule has 1 fully saturated rings. The summed E-state index contributed by atoms with van der Waals surface area (Å²) >= 11 is 0. The highest BCUT2D eigenvalue weighted by Gasteiger charge is 2.53. The van der Waals surface area contributed by atoms with E-state index >= 15 is 0 Å². The number of rotatable bonds is 12. The molecule has 49 heavy (non-hydrogen) atoms. The normalized spacial score (nSPS) is 21.5. The molecule has 2 N–H and O–H groups in total. The molecule has 0 aliphatic carbocycles. The van der Waals surface area contributed by atoms with Gasteiger partial charge in [0.25, 0.3) is 0 Å². The number of benzene rings is 1. The highest BCUT2D eigenvalue weighted by Crippen LogP contribution is 2.29. The monoisotopic (exact) mass is 714 g/mol. The summed E-state index contributed by atoms with van der Waals surface area (Å²) in [6.07, 6.45) is -8.49. The molecule has 6 atom stereocenters. The maximum Gasteiger partial charge on any atom is 0.325 e. The number of hydrogen-bond donors (Lipinski definition) is 2. The Hall–Kier alpha value is -4.09. The van der Waals surface area contributed by atoms with Crippen LogP contribution >= 0.6 is 0 Å². The fourth-order valence-electron chi connectivity index (χ4n) is 5.21. The third-order valence-electron chi connectivity index (χ3n) is 7.23. The lowest BCUT2D eigenvalue weighted by atomic mass is 9.97. The molecule has 2 rings (SSSR count). The third kappa shape index (κ3) is 11.8. The Bertz CT molecular complexity index is 1570. The van der Waals surface area contributed by atoms with Crippen LogP contribution in [0.15, 0.2) is 11.0 Å². The molecule has 1 saturated heterocycles. The summed E-state index contributed by atoms with van der Waals surface area (Å²) in [7, 11) is -4.42. The van der Waals surface area contributed by atoms with E-state index in [1.807, 2.05) is 6.92 Å². The summed E-state index contributed by atoms with van der Waals surface area (Å²) in [4.78, 5) is 74.7. The fraction of sp³-hybridized carbons (Fsp3) is 0.625. The maximum atomic E-state index is 13.7. The van der Waals surface area contributed by atoms with Crippen LogP contribution in [0.25, 0.3) is 0 Å². The topological polar surface area (TPSA) is 216 Å². The molecule has 1 aliphatic rings. The van der Waals surface area contributed by atoms with Crippen LogP contribution in [-0.4, -0.2) is 93.1 Å². The van der Waals surface area contributed by atoms with Crippen molar-refractivity contribution in [1.82, 2.24) is 10.0 Å². The molecular weight excluding hydrogens is 668 g/mol. The summed E-state index contributed by atoms with van der Waals surface area (Å²) in [5, 5.41) is 2.43. The van der Waals surface area contributed by atoms with Crippen LogP contribution in [0.3, 0.4) is 0 Å². The van der Waals surface area contributed by atoms with Crippen molar-refractivity contribution in [2.45, 2.75) is 130 Å². The van der Waals surface area contributed by atoms with Crippen LogP contribution in [0.1, 0.15) is 77.1 Å². The predicted molar refractivity (Wildman–Crippen MR) is 170 cm³/mol. The van der Waals surface area contributed by atoms with E-state index < -0.39 is 101 Å². The lowest BCUT2D eigenvalue weighted by molar-refractivity contribution is -0.257. The van der Waals surface area contributed by atoms with Crippen molar-refractivity contribution in [2.24, 2.45) is 0 Å². The van der Waals surface area contributed by atoms with E-state index in [0.29, 0.717) is 11.1 Å². The summed E-state index contributed by atoms with van der Waals surface area (Å²) in [5.41, 5.74) is 1.39. The van der Waals surface area contributed by atoms with Crippen molar-refractivity contribution < 1.29 is 65.6 Å². The molecule has 0 aromatic heterocycles. The van der Waals surface area contributed by atoms with Crippen molar-refractivity contribution >= 4 is 45.8 Å². The van der Waals surface area contributed by atoms with Gasteiger partial charge in [0.1, 0.15) is 24.4 Å². The van der Waals surface area contributed by atoms with Crippen LogP contribution < -0.4 is 10.0 Å². The molecule has 1 amide bonds. The molecule has 1 aromatic rings. The number of nitrogens with one attached hydrogen (secondary N) is 2. The summed E-state index contributed by atoms with van der Waals surface area (Å²) in [5.74, 6) is -5.42. The molecule has 1 aromatic carbocycles. The largest absolute Gasteiger partial charge is 0.463 e. The number of esters is 5. The summed E-state index contributed by atoms with van der Waals surface area (Å²) in [6, 6.07) is -0.0634. The van der Waals surface area contributed by atoms with E-state index in [-0.39, 0.29) is 4.90 Å². The molecule has 0 unspecified atom stereocenters. The Morgan fingerprint density at radius 2 is 1.33 bits per heavy atom. The first-order valence-electron chi connectivity index (χ1n) is 15.4. The zero-order valence-corrected chi connectivity index (χ0v) is 30.4. The van der Waals surface area contributed by atoms with E-state index in [1.165, 1.54) is 0 Å². The molecule has 1 heterocycles. The first-order chi connectivity index (χ1) is 22.4. The second kappa shape index (κ2) is 16.5. The molecule has 0 radical (unpaired) electrons. The quantitative estimate of drug-likeness (QED) is 0.232. The van der Waals surface area contributed by atoms with Gasteiger partial charge in [-0.2, -0.15) is 4.72 Å². The number of hydrogen-bond acceptors (Lipinski definition) is 14. The summed E-state index contributed by atoms with van der Waals surface area (Å²) in [6.45, 7) is 15.2. The molecule has 274 valence electrons. The molecular formula is C32H46N2O14S. The molecule has 16 nitrogen and oxygen atoms in total. The standard InChI is InChI=1S/C32H46N2O14S/c1-15-12-16(2)29(18(4)17(15)3)49(41,42)34-23(31(40)48-32(9,10)11)13-25(39)33-30-28(46-22(8)38)27(45-21(7)37)26(44-20(6)36)24(47-30)14-43-19(5)35/h12,23-24,26-28,30,34H,13-14H2,1-11H3,(H,33,39)/t23-,24+,26+,27-,28+,30+/m0/s1. The SMILES string of the molecule is CC(=O)OC[C@H]1O[C@@H](NC(=O)C[C@H](NS(=O)(=O)c2c(C)cc(C)c(C)c2C)C(=O)OC(C)(C)C)[C@H](OC(C)=O)[C@@H](OC(C)=O)[C@@H]1OC(C)=O. The minimum Gasteiger partial charge on any atom is -0.463 e. The zero-order chi connectivity index (χ0) is 37.6.